The van der Waals surface area contributed by atoms with Crippen molar-refractivity contribution in [3.63, 3.8) is 0 Å². The SMILES string of the molecule is CO/N=C(\C(=O)NC1C(=O)N2C(C(=O)OC(c3ccccc3)c3ccccc3)=C(/C=C/CI)CSC12)c1csc(NC(c2ccccc2)(c2ccccc2)c2ccccc2)n1. The Morgan fingerprint density at radius 2 is 1.38 bits per heavy atom. The zero-order valence-electron chi connectivity index (χ0n) is 32.9. The molecular formula is C48H40IN5O5S2. The average Bonchev–Trinajstić information content (AvgIpc) is 3.79. The van der Waals surface area contributed by atoms with E-state index in [1.165, 1.54) is 35.1 Å². The quantitative estimate of drug-likeness (QED) is 0.0199. The molecule has 61 heavy (non-hydrogen) atoms. The Balaban J connectivity index is 1.05. The van der Waals surface area contributed by atoms with Crippen LogP contribution < -0.4 is 10.6 Å². The summed E-state index contributed by atoms with van der Waals surface area (Å²) in [5, 5.41) is 12.4. The molecule has 5 aromatic carbocycles. The lowest BCUT2D eigenvalue weighted by molar-refractivity contribution is -0.154. The molecule has 0 radical (unpaired) electrons. The van der Waals surface area contributed by atoms with Crippen LogP contribution in [0, 0.1) is 0 Å². The summed E-state index contributed by atoms with van der Waals surface area (Å²) in [6.45, 7) is 0. The van der Waals surface area contributed by atoms with Gasteiger partial charge in [-0.3, -0.25) is 14.5 Å². The first kappa shape index (κ1) is 41.7. The molecule has 3 heterocycles. The van der Waals surface area contributed by atoms with Crippen molar-refractivity contribution in [3.05, 3.63) is 214 Å². The summed E-state index contributed by atoms with van der Waals surface area (Å²) in [4.78, 5) is 54.0. The molecule has 1 fully saturated rings. The van der Waals surface area contributed by atoms with Gasteiger partial charge < -0.3 is 20.2 Å². The number of hydrogen-bond donors (Lipinski definition) is 2. The van der Waals surface area contributed by atoms with E-state index in [9.17, 15) is 14.4 Å². The fourth-order valence-corrected chi connectivity index (χ4v) is 9.90. The first-order valence-electron chi connectivity index (χ1n) is 19.5. The van der Waals surface area contributed by atoms with Crippen molar-refractivity contribution in [3.8, 4) is 0 Å². The van der Waals surface area contributed by atoms with Crippen molar-refractivity contribution in [2.24, 2.45) is 5.16 Å². The Kier molecular flexibility index (Phi) is 13.1. The number of carbonyl (C=O) groups is 3. The number of anilines is 1. The van der Waals surface area contributed by atoms with Gasteiger partial charge in [0.25, 0.3) is 11.8 Å². The number of rotatable bonds is 15. The summed E-state index contributed by atoms with van der Waals surface area (Å²) >= 11 is 5.01. The summed E-state index contributed by atoms with van der Waals surface area (Å²) in [5.74, 6) is -1.29. The molecule has 2 unspecified atom stereocenters. The second kappa shape index (κ2) is 19.1. The van der Waals surface area contributed by atoms with E-state index in [2.05, 4.69) is 74.8 Å². The largest absolute Gasteiger partial charge is 0.448 e. The monoisotopic (exact) mass is 957 g/mol. The summed E-state index contributed by atoms with van der Waals surface area (Å²) in [6, 6.07) is 48.4. The van der Waals surface area contributed by atoms with E-state index < -0.39 is 40.8 Å². The van der Waals surface area contributed by atoms with E-state index in [0.717, 1.165) is 27.8 Å². The molecule has 13 heteroatoms. The van der Waals surface area contributed by atoms with Gasteiger partial charge in [-0.15, -0.1) is 23.1 Å². The highest BCUT2D eigenvalue weighted by molar-refractivity contribution is 14.1. The third-order valence-corrected chi connectivity index (χ3v) is 12.9. The summed E-state index contributed by atoms with van der Waals surface area (Å²) in [7, 11) is 1.35. The first-order chi connectivity index (χ1) is 29.9. The second-order valence-corrected chi connectivity index (χ2v) is 16.9. The van der Waals surface area contributed by atoms with Crippen LogP contribution in [0.25, 0.3) is 0 Å². The molecule has 2 atom stereocenters. The topological polar surface area (TPSA) is 122 Å². The molecule has 6 aromatic rings. The average molecular weight is 958 g/mol. The minimum absolute atomic E-state index is 0.0991. The Morgan fingerprint density at radius 3 is 1.89 bits per heavy atom. The van der Waals surface area contributed by atoms with E-state index in [-0.39, 0.29) is 17.1 Å². The van der Waals surface area contributed by atoms with Gasteiger partial charge in [0.15, 0.2) is 16.9 Å². The molecule has 0 spiro atoms. The third kappa shape index (κ3) is 8.63. The number of β-lactam (4-membered cyclic amide) rings is 1. The molecular weight excluding hydrogens is 918 g/mol. The molecule has 306 valence electrons. The Bertz CT molecular complexity index is 2440. The number of thioether (sulfide) groups is 1. The number of halogens is 1. The van der Waals surface area contributed by atoms with Crippen LogP contribution in [-0.2, 0) is 29.5 Å². The van der Waals surface area contributed by atoms with Gasteiger partial charge in [0.1, 0.15) is 35.5 Å². The number of ether oxygens (including phenoxy) is 1. The highest BCUT2D eigenvalue weighted by Crippen LogP contribution is 2.43. The summed E-state index contributed by atoms with van der Waals surface area (Å²) in [5.41, 5.74) is 4.72. The highest BCUT2D eigenvalue weighted by Gasteiger charge is 2.55. The number of fused-ring (bicyclic) bond motifs is 1. The minimum atomic E-state index is -0.949. The third-order valence-electron chi connectivity index (χ3n) is 10.4. The van der Waals surface area contributed by atoms with Crippen molar-refractivity contribution < 1.29 is 24.0 Å². The van der Waals surface area contributed by atoms with Gasteiger partial charge in [0.05, 0.1) is 0 Å². The first-order valence-corrected chi connectivity index (χ1v) is 22.9. The number of oxime groups is 1. The maximum Gasteiger partial charge on any atom is 0.356 e. The fourth-order valence-electron chi connectivity index (χ4n) is 7.58. The molecule has 10 nitrogen and oxygen atoms in total. The number of esters is 1. The van der Waals surface area contributed by atoms with Gasteiger partial charge in [0, 0.05) is 15.6 Å². The predicted octanol–water partition coefficient (Wildman–Crippen LogP) is 8.88. The van der Waals surface area contributed by atoms with E-state index in [1.807, 2.05) is 127 Å². The van der Waals surface area contributed by atoms with Gasteiger partial charge in [-0.25, -0.2) is 9.78 Å². The van der Waals surface area contributed by atoms with E-state index >= 15 is 0 Å². The van der Waals surface area contributed by atoms with Crippen molar-refractivity contribution in [2.75, 3.05) is 22.6 Å². The Morgan fingerprint density at radius 1 is 0.852 bits per heavy atom. The zero-order chi connectivity index (χ0) is 42.2. The number of benzene rings is 5. The molecule has 1 aromatic heterocycles. The smallest absolute Gasteiger partial charge is 0.356 e. The van der Waals surface area contributed by atoms with Crippen molar-refractivity contribution in [2.45, 2.75) is 23.1 Å². The predicted molar refractivity (Wildman–Crippen MR) is 249 cm³/mol. The number of alkyl halides is 1. The van der Waals surface area contributed by atoms with Crippen LogP contribution in [-0.4, -0.2) is 62.1 Å². The van der Waals surface area contributed by atoms with Crippen molar-refractivity contribution in [1.29, 1.82) is 0 Å². The lowest BCUT2D eigenvalue weighted by atomic mass is 9.77. The fraction of sp³-hybridized carbons (Fsp3) is 0.146. The second-order valence-electron chi connectivity index (χ2n) is 14.0. The number of thiazole rings is 1. The van der Waals surface area contributed by atoms with Gasteiger partial charge in [0.2, 0.25) is 0 Å². The number of nitrogens with zero attached hydrogens (tertiary/aromatic N) is 3. The van der Waals surface area contributed by atoms with Crippen LogP contribution in [0.15, 0.2) is 186 Å². The lowest BCUT2D eigenvalue weighted by Gasteiger charge is -2.49. The van der Waals surface area contributed by atoms with Gasteiger partial charge in [-0.05, 0) is 33.4 Å². The highest BCUT2D eigenvalue weighted by atomic mass is 127. The summed E-state index contributed by atoms with van der Waals surface area (Å²) < 4.78 is 6.98. The summed E-state index contributed by atoms with van der Waals surface area (Å²) in [6.07, 6.45) is 3.10. The van der Waals surface area contributed by atoms with Crippen LogP contribution >= 0.6 is 45.7 Å². The Labute approximate surface area is 375 Å². The molecule has 2 aliphatic rings. The maximum atomic E-state index is 14.3. The van der Waals surface area contributed by atoms with Crippen LogP contribution in [0.5, 0.6) is 0 Å². The van der Waals surface area contributed by atoms with Crippen molar-refractivity contribution in [1.82, 2.24) is 15.2 Å². The molecule has 8 rings (SSSR count). The number of nitrogens with one attached hydrogen (secondary N) is 2. The van der Waals surface area contributed by atoms with Crippen LogP contribution in [0.2, 0.25) is 0 Å². The zero-order valence-corrected chi connectivity index (χ0v) is 36.7. The molecule has 2 aliphatic heterocycles. The molecule has 0 aliphatic carbocycles. The van der Waals surface area contributed by atoms with Crippen molar-refractivity contribution >= 4 is 74.3 Å². The normalized spacial score (nSPS) is 16.5. The number of carbonyl (C=O) groups excluding carboxylic acids is 3. The lowest BCUT2D eigenvalue weighted by Crippen LogP contribution is -2.71. The van der Waals surface area contributed by atoms with Gasteiger partial charge >= 0.3 is 5.97 Å². The van der Waals surface area contributed by atoms with E-state index in [0.29, 0.717) is 20.9 Å². The number of allylic oxidation sites excluding steroid dienone is 2. The van der Waals surface area contributed by atoms with Gasteiger partial charge in [-0.2, -0.15) is 0 Å². The number of aromatic nitrogens is 1. The van der Waals surface area contributed by atoms with Gasteiger partial charge in [-0.1, -0.05) is 192 Å². The minimum Gasteiger partial charge on any atom is -0.448 e. The molecule has 2 amide bonds. The molecule has 0 bridgehead atoms. The van der Waals surface area contributed by atoms with Crippen LogP contribution in [0.4, 0.5) is 5.13 Å². The number of hydrogen-bond acceptors (Lipinski definition) is 10. The van der Waals surface area contributed by atoms with Crippen LogP contribution in [0.1, 0.15) is 39.6 Å². The standard InChI is InChI=1S/C48H40IN5O5S2/c1-58-53-39(38-31-61-47(50-38)52-48(35-23-11-4-12-24-35,36-25-13-5-14-26-36)37-27-15-6-16-28-37)43(55)51-40-44(56)54-41(34(22-17-29-49)30-60-45(40)54)46(57)59-42(32-18-7-2-8-19-32)33-20-9-3-10-21-33/h2-28,31,40,42,45H,29-30H2,1H3,(H,50,52)(H,51,55)/b22-17+,53-39-. The maximum absolute atomic E-state index is 14.3. The van der Waals surface area contributed by atoms with E-state index in [1.54, 1.807) is 5.38 Å². The Hall–Kier alpha value is -6.03. The molecule has 1 saturated heterocycles. The number of amides is 2. The van der Waals surface area contributed by atoms with Crippen LogP contribution in [0.3, 0.4) is 0 Å². The molecule has 0 saturated carbocycles. The van der Waals surface area contributed by atoms with E-state index in [4.69, 9.17) is 14.6 Å². The molecule has 2 N–H and O–H groups in total.